The quantitative estimate of drug-likeness (QED) is 0.675. The van der Waals surface area contributed by atoms with Crippen LogP contribution in [0.25, 0.3) is 0 Å². The van der Waals surface area contributed by atoms with Gasteiger partial charge in [0, 0.05) is 37.3 Å². The van der Waals surface area contributed by atoms with Gasteiger partial charge in [0.1, 0.15) is 0 Å². The van der Waals surface area contributed by atoms with Crippen molar-refractivity contribution < 1.29 is 18.0 Å². The zero-order valence-electron chi connectivity index (χ0n) is 18.8. The molecule has 2 fully saturated rings. The number of anilines is 2. The molecule has 0 aliphatic carbocycles. The van der Waals surface area contributed by atoms with Crippen molar-refractivity contribution in [1.29, 1.82) is 0 Å². The van der Waals surface area contributed by atoms with Crippen molar-refractivity contribution in [2.24, 2.45) is 11.8 Å². The molecule has 176 valence electrons. The minimum Gasteiger partial charge on any atom is -0.322 e. The number of hydrogen-bond donors (Lipinski definition) is 1. The zero-order valence-corrected chi connectivity index (χ0v) is 20.3. The summed E-state index contributed by atoms with van der Waals surface area (Å²) in [5.41, 5.74) is 1.46. The molecule has 2 aromatic rings. The fourth-order valence-electron chi connectivity index (χ4n) is 4.64. The summed E-state index contributed by atoms with van der Waals surface area (Å²) in [5, 5.41) is 3.16. The first-order valence-corrected chi connectivity index (χ1v) is 13.0. The minimum atomic E-state index is -3.60. The van der Waals surface area contributed by atoms with Gasteiger partial charge in [0.2, 0.25) is 15.9 Å². The summed E-state index contributed by atoms with van der Waals surface area (Å²) >= 11 is 6.35. The smallest absolute Gasteiger partial charge is 0.255 e. The largest absolute Gasteiger partial charge is 0.322 e. The highest BCUT2D eigenvalue weighted by Gasteiger charge is 2.31. The zero-order chi connectivity index (χ0) is 23.8. The van der Waals surface area contributed by atoms with Gasteiger partial charge in [-0.2, -0.15) is 4.31 Å². The van der Waals surface area contributed by atoms with Crippen LogP contribution in [0.15, 0.2) is 47.4 Å². The molecular weight excluding hydrogens is 462 g/mol. The number of rotatable bonds is 5. The molecule has 0 radical (unpaired) electrons. The molecule has 2 atom stereocenters. The first-order valence-electron chi connectivity index (χ1n) is 11.2. The second-order valence-corrected chi connectivity index (χ2v) is 11.4. The summed E-state index contributed by atoms with van der Waals surface area (Å²) in [7, 11) is -3.60. The number of carbonyl (C=O) groups is 2. The van der Waals surface area contributed by atoms with E-state index in [4.69, 9.17) is 11.6 Å². The van der Waals surface area contributed by atoms with Crippen LogP contribution in [0, 0.1) is 11.8 Å². The van der Waals surface area contributed by atoms with Crippen LogP contribution in [0.5, 0.6) is 0 Å². The van der Waals surface area contributed by atoms with E-state index >= 15 is 0 Å². The van der Waals surface area contributed by atoms with Gasteiger partial charge < -0.3 is 10.2 Å². The van der Waals surface area contributed by atoms with E-state index in [0.29, 0.717) is 59.9 Å². The third-order valence-electron chi connectivity index (χ3n) is 6.16. The SMILES string of the molecule is CC1CC(C)CN(S(=O)(=O)c2ccc(C(=O)Nc3ccc(N4CCCC4=O)c(Cl)c3)cc2)C1. The van der Waals surface area contributed by atoms with E-state index in [1.54, 1.807) is 23.1 Å². The number of nitrogens with one attached hydrogen (secondary N) is 1. The fraction of sp³-hybridized carbons (Fsp3) is 0.417. The van der Waals surface area contributed by atoms with Gasteiger partial charge in [-0.3, -0.25) is 9.59 Å². The van der Waals surface area contributed by atoms with Gasteiger partial charge >= 0.3 is 0 Å². The van der Waals surface area contributed by atoms with Gasteiger partial charge in [0.15, 0.2) is 0 Å². The number of piperidine rings is 1. The van der Waals surface area contributed by atoms with E-state index in [1.165, 1.54) is 28.6 Å². The van der Waals surface area contributed by atoms with Crippen LogP contribution in [0.3, 0.4) is 0 Å². The minimum absolute atomic E-state index is 0.0391. The number of halogens is 1. The van der Waals surface area contributed by atoms with Crippen LogP contribution >= 0.6 is 11.6 Å². The van der Waals surface area contributed by atoms with Crippen LogP contribution in [-0.4, -0.2) is 44.2 Å². The number of nitrogens with zero attached hydrogens (tertiary/aromatic N) is 2. The Morgan fingerprint density at radius 1 is 1.06 bits per heavy atom. The van der Waals surface area contributed by atoms with Crippen LogP contribution < -0.4 is 10.2 Å². The normalized spacial score (nSPS) is 21.9. The molecule has 2 unspecified atom stereocenters. The third kappa shape index (κ3) is 5.08. The van der Waals surface area contributed by atoms with Crippen LogP contribution in [0.1, 0.15) is 43.5 Å². The molecule has 4 rings (SSSR count). The van der Waals surface area contributed by atoms with E-state index in [9.17, 15) is 18.0 Å². The van der Waals surface area contributed by atoms with E-state index in [-0.39, 0.29) is 16.7 Å². The average molecular weight is 490 g/mol. The van der Waals surface area contributed by atoms with Crippen molar-refractivity contribution in [3.8, 4) is 0 Å². The molecule has 2 aliphatic heterocycles. The number of hydrogen-bond acceptors (Lipinski definition) is 4. The van der Waals surface area contributed by atoms with E-state index in [2.05, 4.69) is 19.2 Å². The molecule has 7 nitrogen and oxygen atoms in total. The maximum atomic E-state index is 13.0. The van der Waals surface area contributed by atoms with E-state index in [0.717, 1.165) is 12.8 Å². The topological polar surface area (TPSA) is 86.8 Å². The number of benzene rings is 2. The van der Waals surface area contributed by atoms with Crippen molar-refractivity contribution in [2.75, 3.05) is 29.9 Å². The Hall–Kier alpha value is -2.42. The molecule has 2 aromatic carbocycles. The van der Waals surface area contributed by atoms with Crippen molar-refractivity contribution in [1.82, 2.24) is 4.31 Å². The molecule has 9 heteroatoms. The highest BCUT2D eigenvalue weighted by molar-refractivity contribution is 7.89. The van der Waals surface area contributed by atoms with Gasteiger partial charge in [0.25, 0.3) is 5.91 Å². The Balaban J connectivity index is 1.45. The molecule has 2 amide bonds. The average Bonchev–Trinajstić information content (AvgIpc) is 3.19. The highest BCUT2D eigenvalue weighted by atomic mass is 35.5. The number of sulfonamides is 1. The fourth-order valence-corrected chi connectivity index (χ4v) is 6.60. The van der Waals surface area contributed by atoms with E-state index < -0.39 is 10.0 Å². The Bertz CT molecular complexity index is 1160. The van der Waals surface area contributed by atoms with E-state index in [1.807, 2.05) is 0 Å². The molecule has 0 saturated carbocycles. The Morgan fingerprint density at radius 3 is 2.30 bits per heavy atom. The van der Waals surface area contributed by atoms with Gasteiger partial charge in [-0.15, -0.1) is 0 Å². The monoisotopic (exact) mass is 489 g/mol. The van der Waals surface area contributed by atoms with Gasteiger partial charge in [-0.25, -0.2) is 8.42 Å². The predicted octanol–water partition coefficient (Wildman–Crippen LogP) is 4.39. The van der Waals surface area contributed by atoms with Gasteiger partial charge in [0.05, 0.1) is 15.6 Å². The highest BCUT2D eigenvalue weighted by Crippen LogP contribution is 2.32. The lowest BCUT2D eigenvalue weighted by Gasteiger charge is -2.34. The van der Waals surface area contributed by atoms with Crippen LogP contribution in [-0.2, 0) is 14.8 Å². The molecule has 0 spiro atoms. The van der Waals surface area contributed by atoms with Gasteiger partial charge in [-0.05, 0) is 67.1 Å². The molecular formula is C24H28ClN3O4S. The van der Waals surface area contributed by atoms with Crippen molar-refractivity contribution in [3.05, 3.63) is 53.1 Å². The predicted molar refractivity (Wildman–Crippen MR) is 129 cm³/mol. The molecule has 0 aromatic heterocycles. The van der Waals surface area contributed by atoms with Crippen molar-refractivity contribution in [2.45, 2.75) is 38.0 Å². The first kappa shape index (κ1) is 23.7. The molecule has 1 N–H and O–H groups in total. The van der Waals surface area contributed by atoms with Gasteiger partial charge in [-0.1, -0.05) is 25.4 Å². The second kappa shape index (κ2) is 9.44. The number of carbonyl (C=O) groups excluding carboxylic acids is 2. The lowest BCUT2D eigenvalue weighted by molar-refractivity contribution is -0.117. The maximum Gasteiger partial charge on any atom is 0.255 e. The molecule has 2 heterocycles. The summed E-state index contributed by atoms with van der Waals surface area (Å²) in [6.07, 6.45) is 2.33. The lowest BCUT2D eigenvalue weighted by Crippen LogP contribution is -2.42. The first-order chi connectivity index (χ1) is 15.6. The summed E-state index contributed by atoms with van der Waals surface area (Å²) in [6, 6.07) is 11.0. The van der Waals surface area contributed by atoms with Crippen LogP contribution in [0.2, 0.25) is 5.02 Å². The number of amides is 2. The lowest BCUT2D eigenvalue weighted by atomic mass is 9.94. The summed E-state index contributed by atoms with van der Waals surface area (Å²) in [4.78, 5) is 26.5. The maximum absolute atomic E-state index is 13.0. The third-order valence-corrected chi connectivity index (χ3v) is 8.31. The molecule has 2 aliphatic rings. The molecule has 33 heavy (non-hydrogen) atoms. The summed E-state index contributed by atoms with van der Waals surface area (Å²) < 4.78 is 27.6. The Labute approximate surface area is 199 Å². The molecule has 0 bridgehead atoms. The standard InChI is InChI=1S/C24H28ClN3O4S/c1-16-12-17(2)15-27(14-16)33(31,32)20-8-5-18(6-9-20)24(30)26-19-7-10-22(21(25)13-19)28-11-3-4-23(28)29/h5-10,13,16-17H,3-4,11-12,14-15H2,1-2H3,(H,26,30). The summed E-state index contributed by atoms with van der Waals surface area (Å²) in [5.74, 6) is 0.295. The van der Waals surface area contributed by atoms with Crippen LogP contribution in [0.4, 0.5) is 11.4 Å². The second-order valence-electron chi connectivity index (χ2n) is 9.06. The Kier molecular flexibility index (Phi) is 6.79. The van der Waals surface area contributed by atoms with Crippen molar-refractivity contribution in [3.63, 3.8) is 0 Å². The van der Waals surface area contributed by atoms with Crippen molar-refractivity contribution >= 4 is 44.8 Å². The summed E-state index contributed by atoms with van der Waals surface area (Å²) in [6.45, 7) is 5.78. The Morgan fingerprint density at radius 2 is 1.73 bits per heavy atom. The molecule has 2 saturated heterocycles.